The molecule has 0 atom stereocenters. The van der Waals surface area contributed by atoms with E-state index in [0.717, 1.165) is 5.56 Å². The van der Waals surface area contributed by atoms with Gasteiger partial charge < -0.3 is 0 Å². The van der Waals surface area contributed by atoms with E-state index in [-0.39, 0.29) is 0 Å². The van der Waals surface area contributed by atoms with E-state index in [2.05, 4.69) is 86.9 Å². The number of hydrogen-bond acceptors (Lipinski definition) is 0. The molecule has 0 N–H and O–H groups in total. The standard InChI is InChI=1S/C16H22Si2/c1-17(2,3)13-8-7-10-15-11-9-12-16(14-15)18(4,5)6/h9,11-12,14H,1-6H3. The molecule has 0 aliphatic carbocycles. The SMILES string of the molecule is C[Si](C)(C)C#CC#Cc1cccc([Si](C)(C)C)c1. The monoisotopic (exact) mass is 270 g/mol. The topological polar surface area (TPSA) is 0 Å². The molecule has 0 fully saturated rings. The Bertz CT molecular complexity index is 535. The first-order valence-corrected chi connectivity index (χ1v) is 13.3. The van der Waals surface area contributed by atoms with Crippen molar-refractivity contribution in [1.82, 2.24) is 0 Å². The van der Waals surface area contributed by atoms with Crippen LogP contribution in [0.3, 0.4) is 0 Å². The van der Waals surface area contributed by atoms with Gasteiger partial charge in [-0.05, 0) is 24.0 Å². The molecule has 1 rings (SSSR count). The molecule has 0 aliphatic rings. The third-order valence-corrected chi connectivity index (χ3v) is 5.35. The smallest absolute Gasteiger partial charge is 0.118 e. The molecule has 18 heavy (non-hydrogen) atoms. The Morgan fingerprint density at radius 1 is 0.889 bits per heavy atom. The maximum Gasteiger partial charge on any atom is 0.130 e. The molecule has 0 bridgehead atoms. The third-order valence-electron chi connectivity index (χ3n) is 2.44. The summed E-state index contributed by atoms with van der Waals surface area (Å²) >= 11 is 0. The summed E-state index contributed by atoms with van der Waals surface area (Å²) in [6.07, 6.45) is 0. The highest BCUT2D eigenvalue weighted by atomic mass is 28.3. The molecule has 1 aromatic rings. The normalized spacial score (nSPS) is 11.0. The second-order valence-corrected chi connectivity index (χ2v) is 16.4. The molecule has 1 aromatic carbocycles. The van der Waals surface area contributed by atoms with E-state index in [4.69, 9.17) is 0 Å². The van der Waals surface area contributed by atoms with Gasteiger partial charge in [-0.25, -0.2) is 0 Å². The predicted octanol–water partition coefficient (Wildman–Crippen LogP) is 3.46. The second-order valence-electron chi connectivity index (χ2n) is 6.58. The van der Waals surface area contributed by atoms with Crippen LogP contribution in [-0.2, 0) is 0 Å². The van der Waals surface area contributed by atoms with Crippen LogP contribution in [0.15, 0.2) is 24.3 Å². The molecule has 0 aromatic heterocycles. The molecule has 0 heterocycles. The van der Waals surface area contributed by atoms with Crippen molar-refractivity contribution in [2.75, 3.05) is 0 Å². The quantitative estimate of drug-likeness (QED) is 0.541. The Kier molecular flexibility index (Phi) is 4.62. The van der Waals surface area contributed by atoms with Crippen LogP contribution in [-0.4, -0.2) is 16.1 Å². The first-order valence-electron chi connectivity index (χ1n) is 6.32. The van der Waals surface area contributed by atoms with Crippen molar-refractivity contribution in [1.29, 1.82) is 0 Å². The molecule has 2 heteroatoms. The van der Waals surface area contributed by atoms with Gasteiger partial charge in [0.1, 0.15) is 8.07 Å². The summed E-state index contributed by atoms with van der Waals surface area (Å²) in [5.41, 5.74) is 4.34. The molecule has 0 radical (unpaired) electrons. The highest BCUT2D eigenvalue weighted by Crippen LogP contribution is 2.04. The van der Waals surface area contributed by atoms with E-state index < -0.39 is 16.1 Å². The zero-order chi connectivity index (χ0) is 13.8. The molecule has 94 valence electrons. The Morgan fingerprint density at radius 2 is 1.56 bits per heavy atom. The summed E-state index contributed by atoms with van der Waals surface area (Å²) in [5.74, 6) is 9.12. The lowest BCUT2D eigenvalue weighted by atomic mass is 10.2. The molecular formula is C16H22Si2. The number of hydrogen-bond donors (Lipinski definition) is 0. The van der Waals surface area contributed by atoms with E-state index in [1.165, 1.54) is 5.19 Å². The summed E-state index contributed by atoms with van der Waals surface area (Å²) in [6, 6.07) is 8.59. The van der Waals surface area contributed by atoms with Crippen molar-refractivity contribution >= 4 is 21.3 Å². The van der Waals surface area contributed by atoms with Gasteiger partial charge in [-0.2, -0.15) is 0 Å². The van der Waals surface area contributed by atoms with Gasteiger partial charge in [0, 0.05) is 5.56 Å². The number of benzene rings is 1. The average Bonchev–Trinajstić information content (AvgIpc) is 2.22. The van der Waals surface area contributed by atoms with E-state index in [9.17, 15) is 0 Å². The zero-order valence-corrected chi connectivity index (χ0v) is 14.3. The molecule has 0 amide bonds. The molecule has 0 unspecified atom stereocenters. The molecule has 0 spiro atoms. The first kappa shape index (κ1) is 14.8. The van der Waals surface area contributed by atoms with Gasteiger partial charge in [0.05, 0.1) is 8.07 Å². The van der Waals surface area contributed by atoms with E-state index in [0.29, 0.717) is 0 Å². The first-order chi connectivity index (χ1) is 8.18. The highest BCUT2D eigenvalue weighted by molar-refractivity contribution is 6.88. The minimum absolute atomic E-state index is 1.08. The van der Waals surface area contributed by atoms with Gasteiger partial charge in [0.2, 0.25) is 0 Å². The fraction of sp³-hybridized carbons (Fsp3) is 0.375. The second kappa shape index (κ2) is 5.61. The van der Waals surface area contributed by atoms with Crippen molar-refractivity contribution in [3.63, 3.8) is 0 Å². The van der Waals surface area contributed by atoms with Crippen LogP contribution in [0.5, 0.6) is 0 Å². The number of rotatable bonds is 1. The van der Waals surface area contributed by atoms with Crippen LogP contribution in [0, 0.1) is 23.3 Å². The molecule has 0 nitrogen and oxygen atoms in total. The van der Waals surface area contributed by atoms with Crippen LogP contribution in [0.2, 0.25) is 39.3 Å². The summed E-state index contributed by atoms with van der Waals surface area (Å²) in [5, 5.41) is 1.45. The van der Waals surface area contributed by atoms with E-state index >= 15 is 0 Å². The Labute approximate surface area is 114 Å². The van der Waals surface area contributed by atoms with Gasteiger partial charge in [-0.1, -0.05) is 62.5 Å². The largest absolute Gasteiger partial charge is 0.130 e. The third kappa shape index (κ3) is 5.40. The van der Waals surface area contributed by atoms with Crippen LogP contribution in [0.4, 0.5) is 0 Å². The zero-order valence-electron chi connectivity index (χ0n) is 12.3. The van der Waals surface area contributed by atoms with Gasteiger partial charge in [0.15, 0.2) is 0 Å². The summed E-state index contributed by atoms with van der Waals surface area (Å²) < 4.78 is 0. The Morgan fingerprint density at radius 3 is 2.11 bits per heavy atom. The average molecular weight is 271 g/mol. The lowest BCUT2D eigenvalue weighted by molar-refractivity contribution is 1.64. The van der Waals surface area contributed by atoms with Gasteiger partial charge >= 0.3 is 0 Å². The fourth-order valence-electron chi connectivity index (χ4n) is 1.39. The van der Waals surface area contributed by atoms with Crippen LogP contribution in [0.25, 0.3) is 0 Å². The van der Waals surface area contributed by atoms with Gasteiger partial charge in [0.25, 0.3) is 0 Å². The molecular weight excluding hydrogens is 248 g/mol. The van der Waals surface area contributed by atoms with E-state index in [1.54, 1.807) is 0 Å². The highest BCUT2D eigenvalue weighted by Gasteiger charge is 2.15. The summed E-state index contributed by atoms with van der Waals surface area (Å²) in [4.78, 5) is 0. The van der Waals surface area contributed by atoms with E-state index in [1.807, 2.05) is 0 Å². The molecule has 0 saturated carbocycles. The maximum absolute atomic E-state index is 3.26. The lowest BCUT2D eigenvalue weighted by Crippen LogP contribution is -2.37. The van der Waals surface area contributed by atoms with Crippen molar-refractivity contribution < 1.29 is 0 Å². The van der Waals surface area contributed by atoms with Gasteiger partial charge in [-0.15, -0.1) is 5.54 Å². The van der Waals surface area contributed by atoms with Crippen molar-refractivity contribution in [2.24, 2.45) is 0 Å². The summed E-state index contributed by atoms with van der Waals surface area (Å²) in [7, 11) is -2.53. The van der Waals surface area contributed by atoms with Crippen LogP contribution < -0.4 is 5.19 Å². The minimum Gasteiger partial charge on any atom is -0.118 e. The predicted molar refractivity (Wildman–Crippen MR) is 87.4 cm³/mol. The van der Waals surface area contributed by atoms with Crippen molar-refractivity contribution in [3.8, 4) is 23.3 Å². The van der Waals surface area contributed by atoms with Crippen LogP contribution in [0.1, 0.15) is 5.56 Å². The lowest BCUT2D eigenvalue weighted by Gasteiger charge is -2.16. The van der Waals surface area contributed by atoms with Crippen LogP contribution >= 0.6 is 0 Å². The van der Waals surface area contributed by atoms with Crippen molar-refractivity contribution in [3.05, 3.63) is 29.8 Å². The van der Waals surface area contributed by atoms with Gasteiger partial charge in [-0.3, -0.25) is 0 Å². The summed E-state index contributed by atoms with van der Waals surface area (Å²) in [6.45, 7) is 13.7. The maximum atomic E-state index is 3.26. The fourth-order valence-corrected chi connectivity index (χ4v) is 3.01. The molecule has 0 aliphatic heterocycles. The Balaban J connectivity index is 2.93. The minimum atomic E-state index is -1.29. The Hall–Kier alpha value is -1.23. The molecule has 0 saturated heterocycles. The van der Waals surface area contributed by atoms with Crippen molar-refractivity contribution in [2.45, 2.75) is 39.3 Å².